The summed E-state index contributed by atoms with van der Waals surface area (Å²) in [6, 6.07) is 20.7. The van der Waals surface area contributed by atoms with Gasteiger partial charge in [-0.3, -0.25) is 0 Å². The fourth-order valence-electron chi connectivity index (χ4n) is 2.39. The van der Waals surface area contributed by atoms with Gasteiger partial charge in [-0.1, -0.05) is 50.2 Å². The zero-order valence-corrected chi connectivity index (χ0v) is 11.8. The van der Waals surface area contributed by atoms with Gasteiger partial charge in [0.15, 0.2) is 0 Å². The Labute approximate surface area is 119 Å². The molecule has 0 spiro atoms. The standard InChI is InChI=1S/C18H18N2/c1-13(2)15-8-4-6-10-17(15)20-18-12-11-14-7-3-5-9-16(14)19-18/h3-13H,1-2H3,(H,19,20). The zero-order valence-electron chi connectivity index (χ0n) is 11.8. The first-order chi connectivity index (χ1) is 9.74. The lowest BCUT2D eigenvalue weighted by molar-refractivity contribution is 0.869. The van der Waals surface area contributed by atoms with Crippen molar-refractivity contribution in [1.29, 1.82) is 0 Å². The number of anilines is 2. The third-order valence-electron chi connectivity index (χ3n) is 3.44. The molecule has 3 aromatic rings. The van der Waals surface area contributed by atoms with Crippen LogP contribution in [0.2, 0.25) is 0 Å². The number of rotatable bonds is 3. The van der Waals surface area contributed by atoms with Gasteiger partial charge in [-0.25, -0.2) is 4.98 Å². The van der Waals surface area contributed by atoms with Gasteiger partial charge in [0, 0.05) is 11.1 Å². The van der Waals surface area contributed by atoms with Crippen LogP contribution in [-0.2, 0) is 0 Å². The molecule has 3 rings (SSSR count). The fraction of sp³-hybridized carbons (Fsp3) is 0.167. The van der Waals surface area contributed by atoms with Crippen LogP contribution in [0, 0.1) is 0 Å². The van der Waals surface area contributed by atoms with Crippen molar-refractivity contribution in [2.45, 2.75) is 19.8 Å². The molecular formula is C18H18N2. The minimum Gasteiger partial charge on any atom is -0.340 e. The molecule has 0 unspecified atom stereocenters. The van der Waals surface area contributed by atoms with E-state index in [0.29, 0.717) is 5.92 Å². The van der Waals surface area contributed by atoms with Crippen molar-refractivity contribution in [3.8, 4) is 0 Å². The molecule has 0 aliphatic carbocycles. The van der Waals surface area contributed by atoms with Crippen LogP contribution in [0.3, 0.4) is 0 Å². The number of pyridine rings is 1. The third kappa shape index (κ3) is 2.50. The summed E-state index contributed by atoms with van der Waals surface area (Å²) in [4.78, 5) is 4.66. The highest BCUT2D eigenvalue weighted by Crippen LogP contribution is 2.26. The lowest BCUT2D eigenvalue weighted by Gasteiger charge is -2.14. The van der Waals surface area contributed by atoms with Gasteiger partial charge < -0.3 is 5.32 Å². The average Bonchev–Trinajstić information content (AvgIpc) is 2.47. The van der Waals surface area contributed by atoms with Gasteiger partial charge in [0.25, 0.3) is 0 Å². The van der Waals surface area contributed by atoms with E-state index in [-0.39, 0.29) is 0 Å². The van der Waals surface area contributed by atoms with Gasteiger partial charge in [-0.05, 0) is 35.7 Å². The van der Waals surface area contributed by atoms with Gasteiger partial charge in [0.2, 0.25) is 0 Å². The van der Waals surface area contributed by atoms with Gasteiger partial charge in [-0.2, -0.15) is 0 Å². The first kappa shape index (κ1) is 12.7. The first-order valence-corrected chi connectivity index (χ1v) is 6.96. The smallest absolute Gasteiger partial charge is 0.131 e. The monoisotopic (exact) mass is 262 g/mol. The molecule has 0 aliphatic rings. The second-order valence-electron chi connectivity index (χ2n) is 5.26. The van der Waals surface area contributed by atoms with Crippen LogP contribution in [-0.4, -0.2) is 4.98 Å². The Balaban J connectivity index is 1.97. The molecule has 0 fully saturated rings. The van der Waals surface area contributed by atoms with Crippen LogP contribution in [0.15, 0.2) is 60.7 Å². The van der Waals surface area contributed by atoms with E-state index < -0.39 is 0 Å². The molecule has 0 atom stereocenters. The lowest BCUT2D eigenvalue weighted by atomic mass is 10.0. The van der Waals surface area contributed by atoms with Gasteiger partial charge in [-0.15, -0.1) is 0 Å². The van der Waals surface area contributed by atoms with Crippen molar-refractivity contribution in [2.75, 3.05) is 5.32 Å². The normalized spacial score (nSPS) is 10.9. The van der Waals surface area contributed by atoms with Crippen molar-refractivity contribution < 1.29 is 0 Å². The van der Waals surface area contributed by atoms with Gasteiger partial charge in [0.05, 0.1) is 5.52 Å². The molecular weight excluding hydrogens is 244 g/mol. The number of aromatic nitrogens is 1. The SMILES string of the molecule is CC(C)c1ccccc1Nc1ccc2ccccc2n1. The Bertz CT molecular complexity index is 732. The molecule has 0 saturated carbocycles. The molecule has 0 radical (unpaired) electrons. The maximum atomic E-state index is 4.66. The van der Waals surface area contributed by atoms with Crippen LogP contribution in [0.4, 0.5) is 11.5 Å². The molecule has 0 aliphatic heterocycles. The molecule has 20 heavy (non-hydrogen) atoms. The van der Waals surface area contributed by atoms with Crippen LogP contribution >= 0.6 is 0 Å². The summed E-state index contributed by atoms with van der Waals surface area (Å²) in [5, 5.41) is 4.60. The Morgan fingerprint density at radius 1 is 0.850 bits per heavy atom. The summed E-state index contributed by atoms with van der Waals surface area (Å²) in [6.45, 7) is 4.41. The van der Waals surface area contributed by atoms with Crippen LogP contribution < -0.4 is 5.32 Å². The number of para-hydroxylation sites is 2. The van der Waals surface area contributed by atoms with E-state index in [1.807, 2.05) is 24.3 Å². The van der Waals surface area contributed by atoms with Gasteiger partial charge in [0.1, 0.15) is 5.82 Å². The predicted octanol–water partition coefficient (Wildman–Crippen LogP) is 5.10. The average molecular weight is 262 g/mol. The van der Waals surface area contributed by atoms with E-state index >= 15 is 0 Å². The van der Waals surface area contributed by atoms with Crippen molar-refractivity contribution in [3.05, 3.63) is 66.2 Å². The second kappa shape index (κ2) is 5.33. The highest BCUT2D eigenvalue weighted by atomic mass is 15.0. The van der Waals surface area contributed by atoms with Crippen molar-refractivity contribution in [1.82, 2.24) is 4.98 Å². The summed E-state index contributed by atoms with van der Waals surface area (Å²) in [5.41, 5.74) is 3.45. The topological polar surface area (TPSA) is 24.9 Å². The maximum absolute atomic E-state index is 4.66. The summed E-state index contributed by atoms with van der Waals surface area (Å²) < 4.78 is 0. The number of fused-ring (bicyclic) bond motifs is 1. The number of benzene rings is 2. The number of nitrogens with zero attached hydrogens (tertiary/aromatic N) is 1. The molecule has 1 aromatic heterocycles. The molecule has 1 heterocycles. The maximum Gasteiger partial charge on any atom is 0.131 e. The molecule has 2 heteroatoms. The summed E-state index contributed by atoms with van der Waals surface area (Å²) in [6.07, 6.45) is 0. The summed E-state index contributed by atoms with van der Waals surface area (Å²) in [7, 11) is 0. The molecule has 0 amide bonds. The van der Waals surface area contributed by atoms with E-state index in [1.54, 1.807) is 0 Å². The largest absolute Gasteiger partial charge is 0.340 e. The van der Waals surface area contributed by atoms with Crippen LogP contribution in [0.5, 0.6) is 0 Å². The minimum absolute atomic E-state index is 0.485. The quantitative estimate of drug-likeness (QED) is 0.710. The Hall–Kier alpha value is -2.35. The molecule has 1 N–H and O–H groups in total. The molecule has 0 saturated heterocycles. The number of hydrogen-bond donors (Lipinski definition) is 1. The fourth-order valence-corrected chi connectivity index (χ4v) is 2.39. The number of nitrogens with one attached hydrogen (secondary N) is 1. The van der Waals surface area contributed by atoms with Crippen molar-refractivity contribution in [3.63, 3.8) is 0 Å². The highest BCUT2D eigenvalue weighted by Gasteiger charge is 2.06. The molecule has 2 aromatic carbocycles. The minimum atomic E-state index is 0.485. The Morgan fingerprint density at radius 3 is 2.45 bits per heavy atom. The number of hydrogen-bond acceptors (Lipinski definition) is 2. The molecule has 100 valence electrons. The van der Waals surface area contributed by atoms with Crippen molar-refractivity contribution in [2.24, 2.45) is 0 Å². The molecule has 2 nitrogen and oxygen atoms in total. The van der Waals surface area contributed by atoms with E-state index in [0.717, 1.165) is 22.4 Å². The van der Waals surface area contributed by atoms with Crippen LogP contribution in [0.25, 0.3) is 10.9 Å². The summed E-state index contributed by atoms with van der Waals surface area (Å²) >= 11 is 0. The summed E-state index contributed by atoms with van der Waals surface area (Å²) in [5.74, 6) is 1.37. The second-order valence-corrected chi connectivity index (χ2v) is 5.26. The van der Waals surface area contributed by atoms with Gasteiger partial charge >= 0.3 is 0 Å². The van der Waals surface area contributed by atoms with E-state index in [1.165, 1.54) is 5.56 Å². The Kier molecular flexibility index (Phi) is 3.38. The highest BCUT2D eigenvalue weighted by molar-refractivity contribution is 5.80. The third-order valence-corrected chi connectivity index (χ3v) is 3.44. The molecule has 0 bridgehead atoms. The lowest BCUT2D eigenvalue weighted by Crippen LogP contribution is -1.99. The van der Waals surface area contributed by atoms with E-state index in [2.05, 4.69) is 60.5 Å². The zero-order chi connectivity index (χ0) is 13.9. The van der Waals surface area contributed by atoms with Crippen molar-refractivity contribution >= 4 is 22.4 Å². The van der Waals surface area contributed by atoms with Crippen LogP contribution in [0.1, 0.15) is 25.3 Å². The van der Waals surface area contributed by atoms with E-state index in [9.17, 15) is 0 Å². The Morgan fingerprint density at radius 2 is 1.60 bits per heavy atom. The van der Waals surface area contributed by atoms with E-state index in [4.69, 9.17) is 0 Å². The first-order valence-electron chi connectivity index (χ1n) is 6.96. The predicted molar refractivity (Wildman–Crippen MR) is 85.6 cm³/mol.